The molecule has 0 aliphatic heterocycles. The SMILES string of the molecule is COc1ccncc1NC(=O)CC1(O)CCCCC1. The molecule has 1 heterocycles. The Hall–Kier alpha value is -1.62. The van der Waals surface area contributed by atoms with Gasteiger partial charge in [0.25, 0.3) is 0 Å². The van der Waals surface area contributed by atoms with E-state index in [2.05, 4.69) is 10.3 Å². The van der Waals surface area contributed by atoms with Crippen molar-refractivity contribution >= 4 is 11.6 Å². The summed E-state index contributed by atoms with van der Waals surface area (Å²) in [4.78, 5) is 16.0. The molecule has 0 bridgehead atoms. The zero-order chi connectivity index (χ0) is 13.7. The van der Waals surface area contributed by atoms with Crippen molar-refractivity contribution in [1.29, 1.82) is 0 Å². The highest BCUT2D eigenvalue weighted by molar-refractivity contribution is 5.92. The first-order valence-corrected chi connectivity index (χ1v) is 6.63. The van der Waals surface area contributed by atoms with Gasteiger partial charge >= 0.3 is 0 Å². The molecule has 0 unspecified atom stereocenters. The standard InChI is InChI=1S/C14H20N2O3/c1-19-12-5-8-15-10-11(12)16-13(17)9-14(18)6-3-2-4-7-14/h5,8,10,18H,2-4,6-7,9H2,1H3,(H,16,17). The van der Waals surface area contributed by atoms with Gasteiger partial charge in [0.05, 0.1) is 25.3 Å². The van der Waals surface area contributed by atoms with Gasteiger partial charge in [-0.05, 0) is 12.8 Å². The molecule has 5 nitrogen and oxygen atoms in total. The fraction of sp³-hybridized carbons (Fsp3) is 0.571. The molecule has 0 atom stereocenters. The third kappa shape index (κ3) is 3.67. The van der Waals surface area contributed by atoms with Crippen LogP contribution in [0.5, 0.6) is 5.75 Å². The van der Waals surface area contributed by atoms with E-state index in [1.54, 1.807) is 25.6 Å². The van der Waals surface area contributed by atoms with Crippen molar-refractivity contribution in [3.8, 4) is 5.75 Å². The largest absolute Gasteiger partial charge is 0.494 e. The zero-order valence-corrected chi connectivity index (χ0v) is 11.2. The molecule has 0 aromatic carbocycles. The summed E-state index contributed by atoms with van der Waals surface area (Å²) in [5.74, 6) is 0.370. The number of methoxy groups -OCH3 is 1. The predicted molar refractivity (Wildman–Crippen MR) is 72.1 cm³/mol. The maximum absolute atomic E-state index is 12.0. The minimum Gasteiger partial charge on any atom is -0.494 e. The van der Waals surface area contributed by atoms with Crippen LogP contribution in [-0.4, -0.2) is 28.7 Å². The van der Waals surface area contributed by atoms with E-state index in [0.717, 1.165) is 19.3 Å². The number of pyridine rings is 1. The van der Waals surface area contributed by atoms with Crippen molar-refractivity contribution in [1.82, 2.24) is 4.98 Å². The maximum Gasteiger partial charge on any atom is 0.227 e. The number of hydrogen-bond acceptors (Lipinski definition) is 4. The Bertz CT molecular complexity index is 442. The molecule has 1 amide bonds. The second-order valence-electron chi connectivity index (χ2n) is 5.09. The van der Waals surface area contributed by atoms with Crippen LogP contribution in [-0.2, 0) is 4.79 Å². The van der Waals surface area contributed by atoms with E-state index in [-0.39, 0.29) is 12.3 Å². The van der Waals surface area contributed by atoms with E-state index < -0.39 is 5.60 Å². The van der Waals surface area contributed by atoms with Gasteiger partial charge in [0.15, 0.2) is 0 Å². The number of hydrogen-bond donors (Lipinski definition) is 2. The third-order valence-electron chi connectivity index (χ3n) is 3.55. The lowest BCUT2D eigenvalue weighted by Gasteiger charge is -2.31. The van der Waals surface area contributed by atoms with E-state index in [1.165, 1.54) is 0 Å². The van der Waals surface area contributed by atoms with Crippen LogP contribution in [0.3, 0.4) is 0 Å². The summed E-state index contributed by atoms with van der Waals surface area (Å²) < 4.78 is 5.14. The van der Waals surface area contributed by atoms with Gasteiger partial charge in [0.2, 0.25) is 5.91 Å². The van der Waals surface area contributed by atoms with Crippen molar-refractivity contribution in [3.63, 3.8) is 0 Å². The second-order valence-corrected chi connectivity index (χ2v) is 5.09. The summed E-state index contributed by atoms with van der Waals surface area (Å²) in [7, 11) is 1.54. The number of aromatic nitrogens is 1. The molecule has 0 spiro atoms. The number of carbonyl (C=O) groups excluding carboxylic acids is 1. The van der Waals surface area contributed by atoms with Gasteiger partial charge in [-0.1, -0.05) is 19.3 Å². The van der Waals surface area contributed by atoms with Crippen molar-refractivity contribution in [2.24, 2.45) is 0 Å². The zero-order valence-electron chi connectivity index (χ0n) is 11.2. The lowest BCUT2D eigenvalue weighted by Crippen LogP contribution is -2.35. The minimum absolute atomic E-state index is 0.130. The van der Waals surface area contributed by atoms with Crippen LogP contribution < -0.4 is 10.1 Å². The van der Waals surface area contributed by atoms with Crippen LogP contribution in [0.15, 0.2) is 18.5 Å². The van der Waals surface area contributed by atoms with E-state index >= 15 is 0 Å². The highest BCUT2D eigenvalue weighted by Gasteiger charge is 2.31. The molecule has 5 heteroatoms. The third-order valence-corrected chi connectivity index (χ3v) is 3.55. The molecular weight excluding hydrogens is 244 g/mol. The fourth-order valence-corrected chi connectivity index (χ4v) is 2.53. The molecular formula is C14H20N2O3. The molecule has 2 N–H and O–H groups in total. The minimum atomic E-state index is -0.849. The van der Waals surface area contributed by atoms with E-state index in [9.17, 15) is 9.90 Å². The van der Waals surface area contributed by atoms with Crippen LogP contribution in [0, 0.1) is 0 Å². The fourth-order valence-electron chi connectivity index (χ4n) is 2.53. The van der Waals surface area contributed by atoms with Gasteiger partial charge in [0.1, 0.15) is 11.4 Å². The average molecular weight is 264 g/mol. The predicted octanol–water partition coefficient (Wildman–Crippen LogP) is 2.11. The number of aliphatic hydroxyl groups is 1. The summed E-state index contributed by atoms with van der Waals surface area (Å²) in [6.07, 6.45) is 7.78. The number of ether oxygens (including phenoxy) is 1. The first-order valence-electron chi connectivity index (χ1n) is 6.63. The van der Waals surface area contributed by atoms with Gasteiger partial charge in [-0.3, -0.25) is 9.78 Å². The van der Waals surface area contributed by atoms with Gasteiger partial charge in [-0.2, -0.15) is 0 Å². The van der Waals surface area contributed by atoms with Crippen LogP contribution in [0.25, 0.3) is 0 Å². The molecule has 1 aliphatic rings. The second kappa shape index (κ2) is 6.02. The van der Waals surface area contributed by atoms with Gasteiger partial charge in [-0.15, -0.1) is 0 Å². The lowest BCUT2D eigenvalue weighted by molar-refractivity contribution is -0.122. The maximum atomic E-state index is 12.0. The Balaban J connectivity index is 1.97. The summed E-state index contributed by atoms with van der Waals surface area (Å²) in [6.45, 7) is 0. The van der Waals surface area contributed by atoms with E-state index in [1.807, 2.05) is 0 Å². The molecule has 1 aromatic heterocycles. The van der Waals surface area contributed by atoms with Crippen LogP contribution in [0.4, 0.5) is 5.69 Å². The highest BCUT2D eigenvalue weighted by atomic mass is 16.5. The van der Waals surface area contributed by atoms with Crippen LogP contribution in [0.1, 0.15) is 38.5 Å². The van der Waals surface area contributed by atoms with Gasteiger partial charge in [-0.25, -0.2) is 0 Å². The van der Waals surface area contributed by atoms with E-state index in [4.69, 9.17) is 4.74 Å². The molecule has 19 heavy (non-hydrogen) atoms. The Labute approximate surface area is 113 Å². The molecule has 2 rings (SSSR count). The van der Waals surface area contributed by atoms with Crippen molar-refractivity contribution in [3.05, 3.63) is 18.5 Å². The highest BCUT2D eigenvalue weighted by Crippen LogP contribution is 2.31. The first kappa shape index (κ1) is 13.8. The molecule has 1 aromatic rings. The normalized spacial score (nSPS) is 17.8. The summed E-state index contributed by atoms with van der Waals surface area (Å²) >= 11 is 0. The van der Waals surface area contributed by atoms with Crippen LogP contribution in [0.2, 0.25) is 0 Å². The summed E-state index contributed by atoms with van der Waals surface area (Å²) in [6, 6.07) is 1.69. The number of amides is 1. The molecule has 1 fully saturated rings. The Morgan fingerprint density at radius 1 is 1.47 bits per heavy atom. The number of carbonyl (C=O) groups is 1. The number of rotatable bonds is 4. The number of anilines is 1. The Morgan fingerprint density at radius 3 is 2.89 bits per heavy atom. The topological polar surface area (TPSA) is 71.5 Å². The first-order chi connectivity index (χ1) is 9.13. The number of nitrogens with zero attached hydrogens (tertiary/aromatic N) is 1. The molecule has 1 aliphatic carbocycles. The average Bonchev–Trinajstić information content (AvgIpc) is 2.39. The smallest absolute Gasteiger partial charge is 0.227 e. The summed E-state index contributed by atoms with van der Waals surface area (Å²) in [5.41, 5.74) is -0.313. The van der Waals surface area contributed by atoms with E-state index in [0.29, 0.717) is 24.3 Å². The molecule has 104 valence electrons. The quantitative estimate of drug-likeness (QED) is 0.873. The molecule has 0 radical (unpaired) electrons. The number of nitrogens with one attached hydrogen (secondary N) is 1. The molecule has 1 saturated carbocycles. The van der Waals surface area contributed by atoms with Crippen molar-refractivity contribution in [2.75, 3.05) is 12.4 Å². The van der Waals surface area contributed by atoms with Gasteiger partial charge < -0.3 is 15.2 Å². The van der Waals surface area contributed by atoms with Gasteiger partial charge in [0, 0.05) is 12.3 Å². The Kier molecular flexibility index (Phi) is 4.37. The van der Waals surface area contributed by atoms with Crippen molar-refractivity contribution in [2.45, 2.75) is 44.1 Å². The monoisotopic (exact) mass is 264 g/mol. The molecule has 0 saturated heterocycles. The van der Waals surface area contributed by atoms with Crippen molar-refractivity contribution < 1.29 is 14.6 Å². The summed E-state index contributed by atoms with van der Waals surface area (Å²) in [5, 5.41) is 13.1. The van der Waals surface area contributed by atoms with Crippen LogP contribution >= 0.6 is 0 Å². The lowest BCUT2D eigenvalue weighted by atomic mass is 9.82. The Morgan fingerprint density at radius 2 is 2.21 bits per heavy atom.